The molecule has 1 aliphatic heterocycles. The van der Waals surface area contributed by atoms with Gasteiger partial charge in [0, 0.05) is 25.7 Å². The molecule has 1 N–H and O–H groups in total. The number of piperidine rings is 1. The standard InChI is InChI=1S/C15H24N6/c1-11(2)14-17-15(19-18-14)13-6-4-5-7-21(13)9-12-8-16-10-20(12)3/h8,10-11,13H,4-7,9H2,1-3H3,(H,17,18,19)/t13-/m0/s1. The van der Waals surface area contributed by atoms with Crippen LogP contribution >= 0.6 is 0 Å². The van der Waals surface area contributed by atoms with Crippen molar-refractivity contribution in [3.8, 4) is 0 Å². The smallest absolute Gasteiger partial charge is 0.153 e. The number of rotatable bonds is 4. The van der Waals surface area contributed by atoms with E-state index < -0.39 is 0 Å². The predicted octanol–water partition coefficient (Wildman–Crippen LogP) is 2.39. The van der Waals surface area contributed by atoms with E-state index in [0.29, 0.717) is 12.0 Å². The van der Waals surface area contributed by atoms with Crippen LogP contribution in [0.5, 0.6) is 0 Å². The van der Waals surface area contributed by atoms with Crippen molar-refractivity contribution in [2.24, 2.45) is 7.05 Å². The van der Waals surface area contributed by atoms with Crippen LogP contribution < -0.4 is 0 Å². The van der Waals surface area contributed by atoms with Crippen LogP contribution in [0.25, 0.3) is 0 Å². The van der Waals surface area contributed by atoms with Gasteiger partial charge in [-0.25, -0.2) is 9.97 Å². The quantitative estimate of drug-likeness (QED) is 0.938. The zero-order valence-corrected chi connectivity index (χ0v) is 13.1. The molecule has 0 aromatic carbocycles. The summed E-state index contributed by atoms with van der Waals surface area (Å²) in [4.78, 5) is 11.4. The van der Waals surface area contributed by atoms with E-state index in [2.05, 4.69) is 38.5 Å². The predicted molar refractivity (Wildman–Crippen MR) is 80.7 cm³/mol. The Kier molecular flexibility index (Phi) is 4.05. The summed E-state index contributed by atoms with van der Waals surface area (Å²) < 4.78 is 2.09. The van der Waals surface area contributed by atoms with Gasteiger partial charge in [0.15, 0.2) is 5.82 Å². The van der Waals surface area contributed by atoms with E-state index in [4.69, 9.17) is 4.98 Å². The van der Waals surface area contributed by atoms with Gasteiger partial charge in [-0.2, -0.15) is 5.10 Å². The van der Waals surface area contributed by atoms with Crippen LogP contribution in [0, 0.1) is 0 Å². The van der Waals surface area contributed by atoms with Crippen molar-refractivity contribution in [3.05, 3.63) is 29.9 Å². The van der Waals surface area contributed by atoms with Gasteiger partial charge in [-0.15, -0.1) is 0 Å². The Morgan fingerprint density at radius 3 is 2.90 bits per heavy atom. The Bertz CT molecular complexity index is 585. The minimum absolute atomic E-state index is 0.341. The van der Waals surface area contributed by atoms with Crippen LogP contribution in [0.1, 0.15) is 62.4 Å². The monoisotopic (exact) mass is 288 g/mol. The molecule has 1 atom stereocenters. The number of H-pyrrole nitrogens is 1. The Balaban J connectivity index is 1.79. The van der Waals surface area contributed by atoms with E-state index in [9.17, 15) is 0 Å². The number of nitrogens with one attached hydrogen (secondary N) is 1. The summed E-state index contributed by atoms with van der Waals surface area (Å²) in [6.07, 6.45) is 7.46. The van der Waals surface area contributed by atoms with Gasteiger partial charge in [-0.05, 0) is 19.4 Å². The normalized spacial score (nSPS) is 20.3. The van der Waals surface area contributed by atoms with Crippen molar-refractivity contribution in [2.75, 3.05) is 6.54 Å². The lowest BCUT2D eigenvalue weighted by Crippen LogP contribution is -2.34. The fourth-order valence-corrected chi connectivity index (χ4v) is 2.93. The Morgan fingerprint density at radius 2 is 2.24 bits per heavy atom. The van der Waals surface area contributed by atoms with E-state index >= 15 is 0 Å². The van der Waals surface area contributed by atoms with E-state index in [1.807, 2.05) is 19.6 Å². The second-order valence-electron chi connectivity index (χ2n) is 6.21. The maximum Gasteiger partial charge on any atom is 0.153 e. The van der Waals surface area contributed by atoms with Crippen LogP contribution in [-0.2, 0) is 13.6 Å². The summed E-state index contributed by atoms with van der Waals surface area (Å²) in [5.41, 5.74) is 1.24. The average molecular weight is 288 g/mol. The van der Waals surface area contributed by atoms with E-state index in [1.165, 1.54) is 18.5 Å². The highest BCUT2D eigenvalue weighted by molar-refractivity contribution is 5.04. The molecular formula is C15H24N6. The fraction of sp³-hybridized carbons (Fsp3) is 0.667. The number of aryl methyl sites for hydroxylation is 1. The molecule has 1 aliphatic rings. The van der Waals surface area contributed by atoms with Gasteiger partial charge in [0.1, 0.15) is 5.82 Å². The lowest BCUT2D eigenvalue weighted by molar-refractivity contribution is 0.131. The molecule has 114 valence electrons. The second-order valence-corrected chi connectivity index (χ2v) is 6.21. The molecule has 0 unspecified atom stereocenters. The lowest BCUT2D eigenvalue weighted by Gasteiger charge is -2.34. The van der Waals surface area contributed by atoms with Gasteiger partial charge in [0.25, 0.3) is 0 Å². The van der Waals surface area contributed by atoms with Crippen molar-refractivity contribution in [1.29, 1.82) is 0 Å². The minimum Gasteiger partial charge on any atom is -0.337 e. The van der Waals surface area contributed by atoms with E-state index in [1.54, 1.807) is 0 Å². The second kappa shape index (κ2) is 5.97. The molecule has 1 fully saturated rings. The third-order valence-electron chi connectivity index (χ3n) is 4.25. The van der Waals surface area contributed by atoms with Gasteiger partial charge in [-0.1, -0.05) is 20.3 Å². The first-order valence-corrected chi connectivity index (χ1v) is 7.76. The number of nitrogens with zero attached hydrogens (tertiary/aromatic N) is 5. The molecule has 21 heavy (non-hydrogen) atoms. The molecular weight excluding hydrogens is 264 g/mol. The summed E-state index contributed by atoms with van der Waals surface area (Å²) in [7, 11) is 2.05. The van der Waals surface area contributed by atoms with E-state index in [0.717, 1.165) is 31.2 Å². The SMILES string of the molecule is CC(C)c1n[nH]c([C@@H]2CCCCN2Cc2cncn2C)n1. The Morgan fingerprint density at radius 1 is 1.38 bits per heavy atom. The van der Waals surface area contributed by atoms with E-state index in [-0.39, 0.29) is 0 Å². The molecule has 1 saturated heterocycles. The first kappa shape index (κ1) is 14.3. The number of hydrogen-bond acceptors (Lipinski definition) is 4. The molecule has 0 bridgehead atoms. The highest BCUT2D eigenvalue weighted by Crippen LogP contribution is 2.30. The number of hydrogen-bond donors (Lipinski definition) is 1. The topological polar surface area (TPSA) is 62.6 Å². The Labute approximate surface area is 125 Å². The van der Waals surface area contributed by atoms with Crippen molar-refractivity contribution in [3.63, 3.8) is 0 Å². The van der Waals surface area contributed by atoms with Crippen molar-refractivity contribution >= 4 is 0 Å². The third kappa shape index (κ3) is 3.00. The summed E-state index contributed by atoms with van der Waals surface area (Å²) in [6, 6.07) is 0.341. The van der Waals surface area contributed by atoms with Crippen LogP contribution in [0.4, 0.5) is 0 Å². The molecule has 3 rings (SSSR count). The molecule has 2 aromatic rings. The summed E-state index contributed by atoms with van der Waals surface area (Å²) in [6.45, 7) is 6.27. The number of imidazole rings is 1. The molecule has 0 radical (unpaired) electrons. The summed E-state index contributed by atoms with van der Waals surface area (Å²) in [5, 5.41) is 7.52. The molecule has 6 heteroatoms. The summed E-state index contributed by atoms with van der Waals surface area (Å²) >= 11 is 0. The maximum absolute atomic E-state index is 4.70. The third-order valence-corrected chi connectivity index (χ3v) is 4.25. The van der Waals surface area contributed by atoms with Crippen LogP contribution in [0.2, 0.25) is 0 Å². The highest BCUT2D eigenvalue weighted by Gasteiger charge is 2.27. The first-order valence-electron chi connectivity index (χ1n) is 7.76. The van der Waals surface area contributed by atoms with Gasteiger partial charge in [0.05, 0.1) is 18.1 Å². The molecule has 2 aromatic heterocycles. The molecule has 3 heterocycles. The molecule has 0 amide bonds. The Hall–Kier alpha value is -1.69. The summed E-state index contributed by atoms with van der Waals surface area (Å²) in [5.74, 6) is 2.29. The lowest BCUT2D eigenvalue weighted by atomic mass is 10.0. The van der Waals surface area contributed by atoms with Crippen LogP contribution in [0.3, 0.4) is 0 Å². The van der Waals surface area contributed by atoms with Gasteiger partial charge in [-0.3, -0.25) is 10.00 Å². The zero-order valence-electron chi connectivity index (χ0n) is 13.1. The maximum atomic E-state index is 4.70. The zero-order chi connectivity index (χ0) is 14.8. The number of likely N-dealkylation sites (tertiary alicyclic amines) is 1. The molecule has 0 spiro atoms. The van der Waals surface area contributed by atoms with Crippen LogP contribution in [-0.4, -0.2) is 36.2 Å². The first-order chi connectivity index (χ1) is 10.1. The average Bonchev–Trinajstić information content (AvgIpc) is 3.10. The van der Waals surface area contributed by atoms with Crippen molar-refractivity contribution < 1.29 is 0 Å². The van der Waals surface area contributed by atoms with Gasteiger partial charge in [0.2, 0.25) is 0 Å². The minimum atomic E-state index is 0.341. The molecule has 0 saturated carbocycles. The van der Waals surface area contributed by atoms with Gasteiger partial charge >= 0.3 is 0 Å². The van der Waals surface area contributed by atoms with Crippen LogP contribution in [0.15, 0.2) is 12.5 Å². The number of aromatic amines is 1. The molecule has 6 nitrogen and oxygen atoms in total. The number of aromatic nitrogens is 5. The van der Waals surface area contributed by atoms with Crippen molar-refractivity contribution in [2.45, 2.75) is 51.6 Å². The largest absolute Gasteiger partial charge is 0.337 e. The highest BCUT2D eigenvalue weighted by atomic mass is 15.3. The van der Waals surface area contributed by atoms with Gasteiger partial charge < -0.3 is 4.57 Å². The van der Waals surface area contributed by atoms with Crippen molar-refractivity contribution in [1.82, 2.24) is 29.6 Å². The molecule has 0 aliphatic carbocycles. The fourth-order valence-electron chi connectivity index (χ4n) is 2.93.